The van der Waals surface area contributed by atoms with Gasteiger partial charge in [-0.25, -0.2) is 17.9 Å². The zero-order valence-electron chi connectivity index (χ0n) is 13.9. The monoisotopic (exact) mass is 365 g/mol. The number of nitrogens with zero attached hydrogens (tertiary/aromatic N) is 1. The minimum atomic E-state index is -3.84. The molecule has 0 aliphatic carbocycles. The number of nitrogens with one attached hydrogen (secondary N) is 1. The summed E-state index contributed by atoms with van der Waals surface area (Å²) >= 11 is 0. The summed E-state index contributed by atoms with van der Waals surface area (Å²) in [6.45, 7) is 2.10. The van der Waals surface area contributed by atoms with Crippen LogP contribution in [0.25, 0.3) is 0 Å². The van der Waals surface area contributed by atoms with E-state index in [9.17, 15) is 17.6 Å². The summed E-state index contributed by atoms with van der Waals surface area (Å²) in [5.74, 6) is -0.645. The normalized spacial score (nSPS) is 12.8. The van der Waals surface area contributed by atoms with Gasteiger partial charge in [0.05, 0.1) is 10.9 Å². The lowest BCUT2D eigenvalue weighted by atomic mass is 10.2. The molecule has 1 unspecified atom stereocenters. The molecule has 25 heavy (non-hydrogen) atoms. The van der Waals surface area contributed by atoms with Crippen molar-refractivity contribution in [1.29, 1.82) is 0 Å². The number of rotatable bonds is 6. The van der Waals surface area contributed by atoms with Gasteiger partial charge in [0.25, 0.3) is 0 Å². The van der Waals surface area contributed by atoms with Crippen LogP contribution >= 0.6 is 0 Å². The van der Waals surface area contributed by atoms with E-state index in [1.54, 1.807) is 37.1 Å². The molecule has 0 radical (unpaired) electrons. The number of primary sulfonamides is 1. The van der Waals surface area contributed by atoms with Crippen LogP contribution in [0.4, 0.5) is 10.1 Å². The van der Waals surface area contributed by atoms with E-state index in [4.69, 9.17) is 5.14 Å². The zero-order chi connectivity index (χ0) is 18.6. The Hall–Kier alpha value is -2.29. The van der Waals surface area contributed by atoms with Crippen molar-refractivity contribution in [2.45, 2.75) is 24.4 Å². The fourth-order valence-electron chi connectivity index (χ4n) is 2.26. The molecule has 0 saturated carbocycles. The SMILES string of the molecule is CC(C(=O)Nc1cccc(S(N)(=O)=O)c1)N(C)Cc1cccc(F)c1. The van der Waals surface area contributed by atoms with Gasteiger partial charge in [-0.05, 0) is 49.9 Å². The number of benzene rings is 2. The van der Waals surface area contributed by atoms with Gasteiger partial charge < -0.3 is 5.32 Å². The molecule has 3 N–H and O–H groups in total. The van der Waals surface area contributed by atoms with E-state index in [0.29, 0.717) is 12.2 Å². The number of sulfonamides is 1. The van der Waals surface area contributed by atoms with Gasteiger partial charge in [-0.1, -0.05) is 18.2 Å². The van der Waals surface area contributed by atoms with Gasteiger partial charge in [0.2, 0.25) is 15.9 Å². The Morgan fingerprint density at radius 1 is 1.24 bits per heavy atom. The van der Waals surface area contributed by atoms with Crippen LogP contribution in [-0.4, -0.2) is 32.3 Å². The summed E-state index contributed by atoms with van der Waals surface area (Å²) < 4.78 is 36.0. The van der Waals surface area contributed by atoms with Crippen molar-refractivity contribution in [1.82, 2.24) is 4.90 Å². The number of hydrogen-bond acceptors (Lipinski definition) is 4. The average molecular weight is 365 g/mol. The van der Waals surface area contributed by atoms with Gasteiger partial charge >= 0.3 is 0 Å². The van der Waals surface area contributed by atoms with Crippen LogP contribution in [-0.2, 0) is 21.4 Å². The first-order valence-electron chi connectivity index (χ1n) is 7.55. The third-order valence-electron chi connectivity index (χ3n) is 3.79. The van der Waals surface area contributed by atoms with E-state index < -0.39 is 16.1 Å². The number of likely N-dealkylation sites (N-methyl/N-ethyl adjacent to an activating group) is 1. The Kier molecular flexibility index (Phi) is 5.89. The molecule has 134 valence electrons. The molecule has 1 amide bonds. The van der Waals surface area contributed by atoms with E-state index in [1.165, 1.54) is 30.3 Å². The fraction of sp³-hybridized carbons (Fsp3) is 0.235. The second-order valence-electron chi connectivity index (χ2n) is 5.78. The Bertz CT molecular complexity index is 871. The first-order valence-corrected chi connectivity index (χ1v) is 9.10. The Morgan fingerprint density at radius 2 is 1.92 bits per heavy atom. The largest absolute Gasteiger partial charge is 0.325 e. The second kappa shape index (κ2) is 7.73. The summed E-state index contributed by atoms with van der Waals surface area (Å²) in [4.78, 5) is 14.0. The van der Waals surface area contributed by atoms with E-state index >= 15 is 0 Å². The van der Waals surface area contributed by atoms with Crippen LogP contribution in [0.15, 0.2) is 53.4 Å². The summed E-state index contributed by atoms with van der Waals surface area (Å²) in [5.41, 5.74) is 1.08. The van der Waals surface area contributed by atoms with Crippen LogP contribution in [0, 0.1) is 5.82 Å². The van der Waals surface area contributed by atoms with Crippen LogP contribution in [0.5, 0.6) is 0 Å². The predicted octanol–water partition coefficient (Wildman–Crippen LogP) is 1.93. The molecular weight excluding hydrogens is 345 g/mol. The number of anilines is 1. The number of hydrogen-bond donors (Lipinski definition) is 2. The number of carbonyl (C=O) groups is 1. The topological polar surface area (TPSA) is 92.5 Å². The summed E-state index contributed by atoms with van der Waals surface area (Å²) in [7, 11) is -2.09. The summed E-state index contributed by atoms with van der Waals surface area (Å²) in [6.07, 6.45) is 0. The van der Waals surface area contributed by atoms with Crippen molar-refractivity contribution < 1.29 is 17.6 Å². The Labute approximate surface area is 146 Å². The first kappa shape index (κ1) is 19.0. The molecule has 0 spiro atoms. The molecular formula is C17H20FN3O3S. The van der Waals surface area contributed by atoms with Gasteiger partial charge in [0.1, 0.15) is 5.82 Å². The molecule has 0 fully saturated rings. The van der Waals surface area contributed by atoms with E-state index in [-0.39, 0.29) is 16.6 Å². The molecule has 0 aromatic heterocycles. The summed E-state index contributed by atoms with van der Waals surface area (Å²) in [5, 5.41) is 7.74. The van der Waals surface area contributed by atoms with Crippen molar-refractivity contribution in [2.24, 2.45) is 5.14 Å². The zero-order valence-corrected chi connectivity index (χ0v) is 14.8. The maximum atomic E-state index is 13.2. The third-order valence-corrected chi connectivity index (χ3v) is 4.70. The van der Waals surface area contributed by atoms with E-state index in [2.05, 4.69) is 5.32 Å². The van der Waals surface area contributed by atoms with Crippen LogP contribution in [0.2, 0.25) is 0 Å². The third kappa shape index (κ3) is 5.35. The minimum absolute atomic E-state index is 0.0777. The molecule has 0 aliphatic heterocycles. The second-order valence-corrected chi connectivity index (χ2v) is 7.34. The fourth-order valence-corrected chi connectivity index (χ4v) is 2.82. The standard InChI is InChI=1S/C17H20FN3O3S/c1-12(21(2)11-13-5-3-6-14(18)9-13)17(22)20-15-7-4-8-16(10-15)25(19,23)24/h3-10,12H,11H2,1-2H3,(H,20,22)(H2,19,23,24). The molecule has 0 aliphatic rings. The maximum Gasteiger partial charge on any atom is 0.241 e. The van der Waals surface area contributed by atoms with Crippen LogP contribution < -0.4 is 10.5 Å². The maximum absolute atomic E-state index is 13.2. The number of halogens is 1. The van der Waals surface area contributed by atoms with Crippen molar-refractivity contribution >= 4 is 21.6 Å². The lowest BCUT2D eigenvalue weighted by Gasteiger charge is -2.24. The highest BCUT2D eigenvalue weighted by Gasteiger charge is 2.19. The van der Waals surface area contributed by atoms with Crippen molar-refractivity contribution in [3.05, 3.63) is 59.9 Å². The Morgan fingerprint density at radius 3 is 2.56 bits per heavy atom. The highest BCUT2D eigenvalue weighted by Crippen LogP contribution is 2.15. The average Bonchev–Trinajstić information content (AvgIpc) is 2.53. The molecule has 0 bridgehead atoms. The van der Waals surface area contributed by atoms with Gasteiger partial charge in [-0.3, -0.25) is 9.69 Å². The lowest BCUT2D eigenvalue weighted by Crippen LogP contribution is -2.39. The number of nitrogens with two attached hydrogens (primary N) is 1. The molecule has 0 saturated heterocycles. The molecule has 0 heterocycles. The van der Waals surface area contributed by atoms with Gasteiger partial charge in [0.15, 0.2) is 0 Å². The van der Waals surface area contributed by atoms with Crippen molar-refractivity contribution in [2.75, 3.05) is 12.4 Å². The van der Waals surface area contributed by atoms with Crippen molar-refractivity contribution in [3.8, 4) is 0 Å². The molecule has 6 nitrogen and oxygen atoms in total. The highest BCUT2D eigenvalue weighted by atomic mass is 32.2. The first-order chi connectivity index (χ1) is 11.7. The molecule has 2 rings (SSSR count). The molecule has 1 atom stereocenters. The quantitative estimate of drug-likeness (QED) is 0.818. The highest BCUT2D eigenvalue weighted by molar-refractivity contribution is 7.89. The number of carbonyl (C=O) groups excluding carboxylic acids is 1. The lowest BCUT2D eigenvalue weighted by molar-refractivity contribution is -0.120. The van der Waals surface area contributed by atoms with Crippen LogP contribution in [0.1, 0.15) is 12.5 Å². The van der Waals surface area contributed by atoms with Crippen molar-refractivity contribution in [3.63, 3.8) is 0 Å². The van der Waals surface area contributed by atoms with Gasteiger partial charge in [-0.2, -0.15) is 0 Å². The summed E-state index contributed by atoms with van der Waals surface area (Å²) in [6, 6.07) is 11.4. The molecule has 8 heteroatoms. The molecule has 2 aromatic rings. The van der Waals surface area contributed by atoms with Gasteiger partial charge in [0, 0.05) is 12.2 Å². The predicted molar refractivity (Wildman–Crippen MR) is 93.8 cm³/mol. The van der Waals surface area contributed by atoms with E-state index in [0.717, 1.165) is 5.56 Å². The number of amides is 1. The van der Waals surface area contributed by atoms with Gasteiger partial charge in [-0.15, -0.1) is 0 Å². The minimum Gasteiger partial charge on any atom is -0.325 e. The van der Waals surface area contributed by atoms with E-state index in [1.807, 2.05) is 0 Å². The Balaban J connectivity index is 2.05. The van der Waals surface area contributed by atoms with Crippen LogP contribution in [0.3, 0.4) is 0 Å². The molecule has 2 aromatic carbocycles. The smallest absolute Gasteiger partial charge is 0.241 e.